The summed E-state index contributed by atoms with van der Waals surface area (Å²) in [5.74, 6) is 0.241. The van der Waals surface area contributed by atoms with Crippen molar-refractivity contribution in [3.05, 3.63) is 62.2 Å². The average molecular weight is 326 g/mol. The summed E-state index contributed by atoms with van der Waals surface area (Å²) in [5.41, 5.74) is 1.37. The number of non-ortho nitro benzene ring substituents is 2. The molecular weight excluding hydrogens is 316 g/mol. The van der Waals surface area contributed by atoms with Crippen molar-refractivity contribution in [1.29, 1.82) is 0 Å². The molecule has 0 aliphatic carbocycles. The third-order valence-electron chi connectivity index (χ3n) is 3.39. The predicted molar refractivity (Wildman–Crippen MR) is 84.8 cm³/mol. The summed E-state index contributed by atoms with van der Waals surface area (Å²) in [6, 6.07) is 8.50. The number of aromatic nitrogens is 2. The van der Waals surface area contributed by atoms with Gasteiger partial charge in [-0.3, -0.25) is 25.3 Å². The van der Waals surface area contributed by atoms with Crippen LogP contribution >= 0.6 is 0 Å². The second-order valence-electron chi connectivity index (χ2n) is 4.96. The van der Waals surface area contributed by atoms with Crippen LogP contribution in [0.3, 0.4) is 0 Å². The van der Waals surface area contributed by atoms with E-state index in [0.29, 0.717) is 16.6 Å². The molecule has 1 aromatic heterocycles. The standard InChI is InChI=1S/C14H10N6O4/c1-8-2-3-9(19(21)22)6-12(8)15-17-14-11-5-4-10(20(23)24)7-13(11)16-18-14/h2-7H,1H3,(H,16,18). The van der Waals surface area contributed by atoms with E-state index in [1.54, 1.807) is 13.0 Å². The lowest BCUT2D eigenvalue weighted by Crippen LogP contribution is -1.87. The maximum absolute atomic E-state index is 10.8. The van der Waals surface area contributed by atoms with E-state index >= 15 is 0 Å². The molecule has 0 saturated carbocycles. The van der Waals surface area contributed by atoms with Crippen LogP contribution in [0, 0.1) is 27.2 Å². The molecule has 0 atom stereocenters. The zero-order valence-electron chi connectivity index (χ0n) is 12.3. The lowest BCUT2D eigenvalue weighted by Gasteiger charge is -1.98. The van der Waals surface area contributed by atoms with Gasteiger partial charge in [0.2, 0.25) is 5.82 Å². The highest BCUT2D eigenvalue weighted by Crippen LogP contribution is 2.30. The fourth-order valence-corrected chi connectivity index (χ4v) is 2.10. The topological polar surface area (TPSA) is 140 Å². The number of rotatable bonds is 4. The molecule has 0 fully saturated rings. The quantitative estimate of drug-likeness (QED) is 0.436. The van der Waals surface area contributed by atoms with E-state index in [-0.39, 0.29) is 17.2 Å². The van der Waals surface area contributed by atoms with Gasteiger partial charge in [0.05, 0.1) is 21.1 Å². The molecule has 0 aliphatic rings. The number of nitro groups is 2. The van der Waals surface area contributed by atoms with Gasteiger partial charge in [-0.2, -0.15) is 5.10 Å². The Hall–Kier alpha value is -3.69. The maximum atomic E-state index is 10.8. The van der Waals surface area contributed by atoms with Gasteiger partial charge in [0.1, 0.15) is 0 Å². The summed E-state index contributed by atoms with van der Waals surface area (Å²) in [6.45, 7) is 1.75. The molecule has 3 aromatic rings. The number of nitrogens with zero attached hydrogens (tertiary/aromatic N) is 5. The number of nitro benzene ring substituents is 2. The Kier molecular flexibility index (Phi) is 3.70. The van der Waals surface area contributed by atoms with Crippen molar-refractivity contribution in [2.24, 2.45) is 10.2 Å². The van der Waals surface area contributed by atoms with Crippen LogP contribution in [0.1, 0.15) is 5.56 Å². The zero-order valence-corrected chi connectivity index (χ0v) is 12.3. The van der Waals surface area contributed by atoms with Gasteiger partial charge in [-0.25, -0.2) is 0 Å². The van der Waals surface area contributed by atoms with E-state index in [2.05, 4.69) is 20.4 Å². The molecule has 24 heavy (non-hydrogen) atoms. The molecule has 10 heteroatoms. The Bertz CT molecular complexity index is 994. The molecule has 2 aromatic carbocycles. The fourth-order valence-electron chi connectivity index (χ4n) is 2.10. The smallest absolute Gasteiger partial charge is 0.271 e. The SMILES string of the molecule is Cc1ccc([N+](=O)[O-])cc1N=Nc1n[nH]c2cc([N+](=O)[O-])ccc12. The minimum absolute atomic E-state index is 0.0656. The number of nitrogens with one attached hydrogen (secondary N) is 1. The number of aromatic amines is 1. The lowest BCUT2D eigenvalue weighted by molar-refractivity contribution is -0.384. The number of benzene rings is 2. The third kappa shape index (κ3) is 2.79. The normalized spacial score (nSPS) is 11.2. The molecule has 0 radical (unpaired) electrons. The van der Waals surface area contributed by atoms with E-state index in [4.69, 9.17) is 0 Å². The van der Waals surface area contributed by atoms with E-state index in [9.17, 15) is 20.2 Å². The summed E-state index contributed by atoms with van der Waals surface area (Å²) in [5, 5.41) is 36.7. The molecule has 0 amide bonds. The van der Waals surface area contributed by atoms with E-state index in [0.717, 1.165) is 5.56 Å². The third-order valence-corrected chi connectivity index (χ3v) is 3.39. The van der Waals surface area contributed by atoms with Crippen molar-refractivity contribution in [3.8, 4) is 0 Å². The Balaban J connectivity index is 1.98. The molecule has 10 nitrogen and oxygen atoms in total. The Labute approximate surface area is 134 Å². The average Bonchev–Trinajstić information content (AvgIpc) is 2.96. The largest absolute Gasteiger partial charge is 0.275 e. The Morgan fingerprint density at radius 2 is 1.67 bits per heavy atom. The molecule has 0 bridgehead atoms. The van der Waals surface area contributed by atoms with Crippen molar-refractivity contribution in [3.63, 3.8) is 0 Å². The summed E-state index contributed by atoms with van der Waals surface area (Å²) in [7, 11) is 0. The zero-order chi connectivity index (χ0) is 17.3. The van der Waals surface area contributed by atoms with Crippen LogP contribution in [-0.4, -0.2) is 20.0 Å². The first kappa shape index (κ1) is 15.2. The van der Waals surface area contributed by atoms with Gasteiger partial charge in [0.25, 0.3) is 11.4 Å². The lowest BCUT2D eigenvalue weighted by atomic mass is 10.2. The summed E-state index contributed by atoms with van der Waals surface area (Å²) in [6.07, 6.45) is 0. The molecular formula is C14H10N6O4. The summed E-state index contributed by atoms with van der Waals surface area (Å²) in [4.78, 5) is 20.6. The first-order valence-electron chi connectivity index (χ1n) is 6.75. The van der Waals surface area contributed by atoms with Crippen LogP contribution in [0.25, 0.3) is 10.9 Å². The number of azo groups is 1. The number of fused-ring (bicyclic) bond motifs is 1. The van der Waals surface area contributed by atoms with E-state index in [1.165, 1.54) is 30.3 Å². The highest BCUT2D eigenvalue weighted by Gasteiger charge is 2.12. The van der Waals surface area contributed by atoms with Crippen molar-refractivity contribution in [2.45, 2.75) is 6.92 Å². The van der Waals surface area contributed by atoms with Gasteiger partial charge in [0.15, 0.2) is 0 Å². The second-order valence-corrected chi connectivity index (χ2v) is 4.96. The molecule has 1 heterocycles. The van der Waals surface area contributed by atoms with Crippen molar-refractivity contribution < 1.29 is 9.85 Å². The first-order chi connectivity index (χ1) is 11.5. The molecule has 0 saturated heterocycles. The molecule has 0 aliphatic heterocycles. The van der Waals surface area contributed by atoms with Gasteiger partial charge in [-0.1, -0.05) is 6.07 Å². The van der Waals surface area contributed by atoms with Crippen LogP contribution in [-0.2, 0) is 0 Å². The monoisotopic (exact) mass is 326 g/mol. The number of hydrogen-bond acceptors (Lipinski definition) is 7. The van der Waals surface area contributed by atoms with Gasteiger partial charge in [-0.05, 0) is 18.6 Å². The number of aryl methyl sites for hydroxylation is 1. The van der Waals surface area contributed by atoms with E-state index in [1.807, 2.05) is 0 Å². The summed E-state index contributed by atoms with van der Waals surface area (Å²) < 4.78 is 0. The molecule has 0 unspecified atom stereocenters. The molecule has 120 valence electrons. The van der Waals surface area contributed by atoms with Gasteiger partial charge in [0, 0.05) is 29.7 Å². The Morgan fingerprint density at radius 1 is 1.00 bits per heavy atom. The highest BCUT2D eigenvalue weighted by atomic mass is 16.6. The highest BCUT2D eigenvalue weighted by molar-refractivity contribution is 5.89. The first-order valence-corrected chi connectivity index (χ1v) is 6.75. The fraction of sp³-hybridized carbons (Fsp3) is 0.0714. The minimum atomic E-state index is -0.512. The maximum Gasteiger partial charge on any atom is 0.271 e. The molecule has 0 spiro atoms. The van der Waals surface area contributed by atoms with E-state index < -0.39 is 9.85 Å². The second kappa shape index (κ2) is 5.83. The van der Waals surface area contributed by atoms with Crippen molar-refractivity contribution in [2.75, 3.05) is 0 Å². The van der Waals surface area contributed by atoms with Crippen LogP contribution in [0.15, 0.2) is 46.6 Å². The molecule has 3 rings (SSSR count). The van der Waals surface area contributed by atoms with Gasteiger partial charge in [-0.15, -0.1) is 10.2 Å². The Morgan fingerprint density at radius 3 is 2.38 bits per heavy atom. The number of H-pyrrole nitrogens is 1. The van der Waals surface area contributed by atoms with Crippen LogP contribution in [0.5, 0.6) is 0 Å². The van der Waals surface area contributed by atoms with Crippen molar-refractivity contribution in [1.82, 2.24) is 10.2 Å². The van der Waals surface area contributed by atoms with Crippen LogP contribution in [0.2, 0.25) is 0 Å². The van der Waals surface area contributed by atoms with Crippen LogP contribution < -0.4 is 0 Å². The molecule has 1 N–H and O–H groups in total. The summed E-state index contributed by atoms with van der Waals surface area (Å²) >= 11 is 0. The van der Waals surface area contributed by atoms with Crippen LogP contribution in [0.4, 0.5) is 22.9 Å². The number of hydrogen-bond donors (Lipinski definition) is 1. The van der Waals surface area contributed by atoms with Crippen molar-refractivity contribution >= 4 is 33.8 Å². The predicted octanol–water partition coefficient (Wildman–Crippen LogP) is 4.10. The van der Waals surface area contributed by atoms with Gasteiger partial charge >= 0.3 is 0 Å². The van der Waals surface area contributed by atoms with Gasteiger partial charge < -0.3 is 0 Å². The minimum Gasteiger partial charge on any atom is -0.275 e.